The average Bonchev–Trinajstić information content (AvgIpc) is 3.33. The fourth-order valence-electron chi connectivity index (χ4n) is 4.04. The minimum absolute atomic E-state index is 0.136. The van der Waals surface area contributed by atoms with Crippen LogP contribution in [0.3, 0.4) is 0 Å². The van der Waals surface area contributed by atoms with E-state index in [9.17, 15) is 9.59 Å². The van der Waals surface area contributed by atoms with Gasteiger partial charge in [-0.1, -0.05) is 6.07 Å². The highest BCUT2D eigenvalue weighted by Gasteiger charge is 2.25. The Balaban J connectivity index is 1.32. The van der Waals surface area contributed by atoms with Crippen molar-refractivity contribution < 1.29 is 24.2 Å². The van der Waals surface area contributed by atoms with E-state index < -0.39 is 5.97 Å². The standard InChI is InChI=1S/C24H23N3O5/c28-23-20(19-3-1-15(24(29)30)13-22(19)26-23)14-17-11-16-12-18(2-4-21(16)25-17)32-10-7-27-5-8-31-9-6-27/h1-4,11-14,25H,5-10H2,(H,26,28)(H,29,30). The lowest BCUT2D eigenvalue weighted by molar-refractivity contribution is -0.110. The van der Waals surface area contributed by atoms with Gasteiger partial charge in [0, 0.05) is 47.5 Å². The van der Waals surface area contributed by atoms with Gasteiger partial charge in [0.2, 0.25) is 0 Å². The van der Waals surface area contributed by atoms with E-state index in [1.807, 2.05) is 24.3 Å². The molecule has 5 rings (SSSR count). The van der Waals surface area contributed by atoms with E-state index in [1.165, 1.54) is 12.1 Å². The zero-order valence-corrected chi connectivity index (χ0v) is 17.4. The highest BCUT2D eigenvalue weighted by molar-refractivity contribution is 6.35. The van der Waals surface area contributed by atoms with Crippen LogP contribution < -0.4 is 10.1 Å². The van der Waals surface area contributed by atoms with Gasteiger partial charge in [0.05, 0.1) is 24.4 Å². The number of carboxylic acids is 1. The van der Waals surface area contributed by atoms with Crippen LogP contribution in [0.1, 0.15) is 21.6 Å². The molecule has 1 saturated heterocycles. The van der Waals surface area contributed by atoms with Crippen LogP contribution in [-0.4, -0.2) is 66.3 Å². The summed E-state index contributed by atoms with van der Waals surface area (Å²) < 4.78 is 11.3. The van der Waals surface area contributed by atoms with E-state index in [2.05, 4.69) is 15.2 Å². The van der Waals surface area contributed by atoms with Crippen molar-refractivity contribution in [3.63, 3.8) is 0 Å². The highest BCUT2D eigenvalue weighted by atomic mass is 16.5. The molecule has 3 N–H and O–H groups in total. The summed E-state index contributed by atoms with van der Waals surface area (Å²) in [4.78, 5) is 29.3. The molecule has 1 fully saturated rings. The van der Waals surface area contributed by atoms with Crippen LogP contribution in [-0.2, 0) is 9.53 Å². The maximum absolute atomic E-state index is 12.5. The number of carbonyl (C=O) groups excluding carboxylic acids is 1. The van der Waals surface area contributed by atoms with Crippen molar-refractivity contribution in [1.29, 1.82) is 0 Å². The van der Waals surface area contributed by atoms with Crippen LogP contribution in [0.4, 0.5) is 5.69 Å². The summed E-state index contributed by atoms with van der Waals surface area (Å²) in [7, 11) is 0. The van der Waals surface area contributed by atoms with Crippen molar-refractivity contribution >= 4 is 40.1 Å². The monoisotopic (exact) mass is 433 g/mol. The number of aromatic amines is 1. The van der Waals surface area contributed by atoms with E-state index >= 15 is 0 Å². The number of H-pyrrole nitrogens is 1. The van der Waals surface area contributed by atoms with E-state index in [0.29, 0.717) is 23.4 Å². The molecule has 2 aliphatic rings. The molecule has 0 spiro atoms. The normalized spacial score (nSPS) is 17.5. The molecule has 32 heavy (non-hydrogen) atoms. The number of aromatic carboxylic acids is 1. The number of carbonyl (C=O) groups is 2. The van der Waals surface area contributed by atoms with Crippen molar-refractivity contribution in [3.8, 4) is 5.75 Å². The number of ether oxygens (including phenoxy) is 2. The molecule has 3 aromatic rings. The fourth-order valence-corrected chi connectivity index (χ4v) is 4.04. The Kier molecular flexibility index (Phi) is 5.38. The summed E-state index contributed by atoms with van der Waals surface area (Å²) >= 11 is 0. The molecule has 2 aromatic carbocycles. The second-order valence-electron chi connectivity index (χ2n) is 7.85. The van der Waals surface area contributed by atoms with Crippen LogP contribution >= 0.6 is 0 Å². The van der Waals surface area contributed by atoms with Crippen LogP contribution in [0.2, 0.25) is 0 Å². The number of morpholine rings is 1. The maximum atomic E-state index is 12.5. The minimum atomic E-state index is -1.03. The number of carboxylic acid groups (broad SMARTS) is 1. The lowest BCUT2D eigenvalue weighted by Gasteiger charge is -2.26. The number of amides is 1. The van der Waals surface area contributed by atoms with E-state index in [1.54, 1.807) is 12.1 Å². The first-order valence-electron chi connectivity index (χ1n) is 10.5. The van der Waals surface area contributed by atoms with E-state index in [4.69, 9.17) is 14.6 Å². The van der Waals surface area contributed by atoms with Crippen molar-refractivity contribution in [1.82, 2.24) is 9.88 Å². The predicted octanol–water partition coefficient (Wildman–Crippen LogP) is 3.07. The van der Waals surface area contributed by atoms with Gasteiger partial charge in [-0.3, -0.25) is 9.69 Å². The van der Waals surface area contributed by atoms with E-state index in [-0.39, 0.29) is 11.5 Å². The van der Waals surface area contributed by atoms with Crippen LogP contribution in [0.15, 0.2) is 42.5 Å². The Morgan fingerprint density at radius 3 is 2.81 bits per heavy atom. The molecule has 0 aliphatic carbocycles. The molecule has 0 unspecified atom stereocenters. The Hall–Kier alpha value is -3.62. The first-order valence-corrected chi connectivity index (χ1v) is 10.5. The molecular formula is C24H23N3O5. The van der Waals surface area contributed by atoms with Gasteiger partial charge in [0.25, 0.3) is 5.91 Å². The van der Waals surface area contributed by atoms with Gasteiger partial charge in [-0.25, -0.2) is 4.79 Å². The predicted molar refractivity (Wildman–Crippen MR) is 121 cm³/mol. The quantitative estimate of drug-likeness (QED) is 0.516. The van der Waals surface area contributed by atoms with Gasteiger partial charge in [-0.15, -0.1) is 0 Å². The number of nitrogens with zero attached hydrogens (tertiary/aromatic N) is 1. The number of hydrogen-bond donors (Lipinski definition) is 3. The van der Waals surface area contributed by atoms with Crippen LogP contribution in [0.25, 0.3) is 22.6 Å². The third kappa shape index (κ3) is 4.10. The Bertz CT molecular complexity index is 1220. The first kappa shape index (κ1) is 20.3. The molecule has 0 atom stereocenters. The lowest BCUT2D eigenvalue weighted by Crippen LogP contribution is -2.38. The summed E-state index contributed by atoms with van der Waals surface area (Å²) in [6.07, 6.45) is 1.78. The zero-order chi connectivity index (χ0) is 22.1. The topological polar surface area (TPSA) is 104 Å². The summed E-state index contributed by atoms with van der Waals surface area (Å²) in [5, 5.41) is 12.9. The van der Waals surface area contributed by atoms with Crippen LogP contribution in [0.5, 0.6) is 5.75 Å². The van der Waals surface area contributed by atoms with Gasteiger partial charge in [-0.05, 0) is 42.5 Å². The van der Waals surface area contributed by atoms with Crippen molar-refractivity contribution in [2.75, 3.05) is 44.8 Å². The van der Waals surface area contributed by atoms with Crippen molar-refractivity contribution in [2.45, 2.75) is 0 Å². The molecule has 0 radical (unpaired) electrons. The Labute approximate surface area is 184 Å². The van der Waals surface area contributed by atoms with Crippen molar-refractivity contribution in [2.24, 2.45) is 0 Å². The molecule has 1 aromatic heterocycles. The second-order valence-corrected chi connectivity index (χ2v) is 7.85. The van der Waals surface area contributed by atoms with E-state index in [0.717, 1.165) is 55.2 Å². The molecule has 1 amide bonds. The molecule has 2 aliphatic heterocycles. The largest absolute Gasteiger partial charge is 0.492 e. The fraction of sp³-hybridized carbons (Fsp3) is 0.250. The van der Waals surface area contributed by atoms with Gasteiger partial charge in [0.15, 0.2) is 0 Å². The summed E-state index contributed by atoms with van der Waals surface area (Å²) in [5.41, 5.74) is 3.55. The number of fused-ring (bicyclic) bond motifs is 2. The molecule has 3 heterocycles. The number of aromatic nitrogens is 1. The number of nitrogens with one attached hydrogen (secondary N) is 2. The lowest BCUT2D eigenvalue weighted by atomic mass is 10.0. The number of rotatable bonds is 6. The van der Waals surface area contributed by atoms with Crippen molar-refractivity contribution in [3.05, 3.63) is 59.3 Å². The van der Waals surface area contributed by atoms with Gasteiger partial charge in [0.1, 0.15) is 12.4 Å². The minimum Gasteiger partial charge on any atom is -0.492 e. The summed E-state index contributed by atoms with van der Waals surface area (Å²) in [6.45, 7) is 4.90. The number of benzene rings is 2. The second kappa shape index (κ2) is 8.49. The zero-order valence-electron chi connectivity index (χ0n) is 17.4. The van der Waals surface area contributed by atoms with Crippen LogP contribution in [0, 0.1) is 0 Å². The summed E-state index contributed by atoms with van der Waals surface area (Å²) in [6, 6.07) is 12.5. The maximum Gasteiger partial charge on any atom is 0.335 e. The molecule has 164 valence electrons. The SMILES string of the molecule is O=C1Nc2cc(C(=O)O)ccc2C1=Cc1cc2cc(OCCN3CCOCC3)ccc2[nH]1. The van der Waals surface area contributed by atoms with Gasteiger partial charge < -0.3 is 24.9 Å². The molecule has 0 bridgehead atoms. The number of hydrogen-bond acceptors (Lipinski definition) is 5. The molecule has 8 nitrogen and oxygen atoms in total. The van der Waals surface area contributed by atoms with Gasteiger partial charge in [-0.2, -0.15) is 0 Å². The Morgan fingerprint density at radius 2 is 2.00 bits per heavy atom. The average molecular weight is 433 g/mol. The summed E-state index contributed by atoms with van der Waals surface area (Å²) in [5.74, 6) is -0.486. The molecule has 8 heteroatoms. The third-order valence-electron chi connectivity index (χ3n) is 5.74. The smallest absolute Gasteiger partial charge is 0.335 e. The highest BCUT2D eigenvalue weighted by Crippen LogP contribution is 2.34. The third-order valence-corrected chi connectivity index (χ3v) is 5.74. The first-order chi connectivity index (χ1) is 15.6. The van der Waals surface area contributed by atoms with Gasteiger partial charge >= 0.3 is 5.97 Å². The molecular weight excluding hydrogens is 410 g/mol. The molecule has 0 saturated carbocycles. The Morgan fingerprint density at radius 1 is 1.16 bits per heavy atom. The number of anilines is 1.